The zero-order chi connectivity index (χ0) is 8.15. The van der Waals surface area contributed by atoms with Gasteiger partial charge in [0.25, 0.3) is 0 Å². The van der Waals surface area contributed by atoms with Gasteiger partial charge in [-0.15, -0.1) is 0 Å². The second-order valence-electron chi connectivity index (χ2n) is 1.90. The predicted molar refractivity (Wildman–Crippen MR) is 50.1 cm³/mol. The van der Waals surface area contributed by atoms with Gasteiger partial charge in [-0.05, 0) is 0 Å². The van der Waals surface area contributed by atoms with Crippen LogP contribution in [0.2, 0.25) is 0 Å². The van der Waals surface area contributed by atoms with Crippen LogP contribution < -0.4 is 0 Å². The minimum Gasteiger partial charge on any atom is -0.378 e. The monoisotopic (exact) mass is 177 g/mol. The lowest BCUT2D eigenvalue weighted by Crippen LogP contribution is -2.18. The fourth-order valence-corrected chi connectivity index (χ4v) is 1.07. The molecule has 0 aromatic rings. The lowest BCUT2D eigenvalue weighted by molar-refractivity contribution is 0.311. The fraction of sp³-hybridized carbons (Fsp3) is 0.500. The summed E-state index contributed by atoms with van der Waals surface area (Å²) in [6.07, 6.45) is 1.44. The van der Waals surface area contributed by atoms with Crippen LogP contribution in [0.15, 0.2) is 12.7 Å². The number of hydrogen-bond donors (Lipinski definition) is 1. The minimum absolute atomic E-state index is 0.588. The number of aliphatic hydroxyl groups is 1. The molecule has 0 amide bonds. The fourth-order valence-electron chi connectivity index (χ4n) is 0.257. The summed E-state index contributed by atoms with van der Waals surface area (Å²) in [5.74, 6) is 0. The largest absolute Gasteiger partial charge is 0.378 e. The summed E-state index contributed by atoms with van der Waals surface area (Å²) in [6, 6.07) is 0. The second-order valence-corrected chi connectivity index (χ2v) is 3.65. The van der Waals surface area contributed by atoms with Crippen molar-refractivity contribution in [1.82, 2.24) is 4.90 Å². The Hall–Kier alpha value is -0.0600. The van der Waals surface area contributed by atoms with E-state index >= 15 is 0 Å². The van der Waals surface area contributed by atoms with Gasteiger partial charge in [-0.3, -0.25) is 0 Å². The maximum absolute atomic E-state index is 9.01. The third-order valence-electron chi connectivity index (χ3n) is 0.788. The molecule has 0 heterocycles. The third kappa shape index (κ3) is 3.87. The molecule has 4 heteroatoms. The predicted octanol–water partition coefficient (Wildman–Crippen LogP) is 1.07. The zero-order valence-corrected chi connectivity index (χ0v) is 7.71. The summed E-state index contributed by atoms with van der Waals surface area (Å²) in [5, 5.41) is 9.01. The molecular formula is C6H11NOS2. The van der Waals surface area contributed by atoms with Gasteiger partial charge in [0, 0.05) is 14.1 Å². The normalized spacial score (nSPS) is 12.3. The molecule has 0 fully saturated rings. The first kappa shape index (κ1) is 9.94. The van der Waals surface area contributed by atoms with Crippen LogP contribution in [0.25, 0.3) is 0 Å². The van der Waals surface area contributed by atoms with Crippen LogP contribution in [-0.2, 0) is 0 Å². The summed E-state index contributed by atoms with van der Waals surface area (Å²) < 4.78 is 0.660. The first-order valence-corrected chi connectivity index (χ1v) is 4.05. The van der Waals surface area contributed by atoms with Crippen molar-refractivity contribution in [2.75, 3.05) is 14.1 Å². The molecule has 1 atom stereocenters. The summed E-state index contributed by atoms with van der Waals surface area (Å²) in [6.45, 7) is 3.42. The molecule has 0 aliphatic rings. The molecule has 0 aromatic heterocycles. The Morgan fingerprint density at radius 3 is 2.60 bits per heavy atom. The van der Waals surface area contributed by atoms with Gasteiger partial charge in [-0.1, -0.05) is 36.6 Å². The van der Waals surface area contributed by atoms with Crippen LogP contribution in [-0.4, -0.2) is 33.9 Å². The van der Waals surface area contributed by atoms with Gasteiger partial charge < -0.3 is 10.0 Å². The molecule has 0 bridgehead atoms. The van der Waals surface area contributed by atoms with E-state index in [1.165, 1.54) is 17.8 Å². The number of hydrogen-bond acceptors (Lipinski definition) is 3. The van der Waals surface area contributed by atoms with Crippen LogP contribution in [0.1, 0.15) is 0 Å². The molecule has 0 unspecified atom stereocenters. The molecule has 58 valence electrons. The molecule has 0 saturated heterocycles. The van der Waals surface area contributed by atoms with Crippen LogP contribution in [0, 0.1) is 0 Å². The van der Waals surface area contributed by atoms with E-state index in [0.29, 0.717) is 4.32 Å². The summed E-state index contributed by atoms with van der Waals surface area (Å²) >= 11 is 6.10. The molecule has 0 aliphatic heterocycles. The second kappa shape index (κ2) is 4.71. The number of thioether (sulfide) groups is 1. The van der Waals surface area contributed by atoms with Crippen molar-refractivity contribution in [2.45, 2.75) is 5.44 Å². The van der Waals surface area contributed by atoms with Gasteiger partial charge in [0.15, 0.2) is 0 Å². The van der Waals surface area contributed by atoms with E-state index in [9.17, 15) is 0 Å². The highest BCUT2D eigenvalue weighted by Gasteiger charge is 2.04. The smallest absolute Gasteiger partial charge is 0.138 e. The quantitative estimate of drug-likeness (QED) is 0.387. The highest BCUT2D eigenvalue weighted by molar-refractivity contribution is 8.23. The van der Waals surface area contributed by atoms with Crippen LogP contribution in [0.4, 0.5) is 0 Å². The maximum atomic E-state index is 9.01. The first-order valence-electron chi connectivity index (χ1n) is 2.76. The zero-order valence-electron chi connectivity index (χ0n) is 6.07. The molecule has 10 heavy (non-hydrogen) atoms. The molecule has 2 nitrogen and oxygen atoms in total. The van der Waals surface area contributed by atoms with E-state index in [4.69, 9.17) is 17.3 Å². The van der Waals surface area contributed by atoms with E-state index in [1.54, 1.807) is 4.90 Å². The molecule has 1 N–H and O–H groups in total. The Balaban J connectivity index is 3.68. The first-order chi connectivity index (χ1) is 4.57. The average molecular weight is 177 g/mol. The van der Waals surface area contributed by atoms with Crippen LogP contribution in [0.3, 0.4) is 0 Å². The van der Waals surface area contributed by atoms with Crippen molar-refractivity contribution in [3.05, 3.63) is 12.7 Å². The molecule has 0 aromatic carbocycles. The van der Waals surface area contributed by atoms with Crippen molar-refractivity contribution < 1.29 is 5.11 Å². The van der Waals surface area contributed by atoms with E-state index in [2.05, 4.69) is 6.58 Å². The average Bonchev–Trinajstić information content (AvgIpc) is 1.87. The van der Waals surface area contributed by atoms with Gasteiger partial charge in [-0.2, -0.15) is 0 Å². The lowest BCUT2D eigenvalue weighted by atomic mass is 10.7. The van der Waals surface area contributed by atoms with E-state index in [0.717, 1.165) is 0 Å². The molecular weight excluding hydrogens is 166 g/mol. The van der Waals surface area contributed by atoms with Crippen LogP contribution in [0.5, 0.6) is 0 Å². The topological polar surface area (TPSA) is 23.5 Å². The molecule has 0 radical (unpaired) electrons. The number of rotatable bonds is 2. The summed E-state index contributed by atoms with van der Waals surface area (Å²) in [7, 11) is 3.68. The minimum atomic E-state index is -0.588. The lowest BCUT2D eigenvalue weighted by Gasteiger charge is -2.13. The van der Waals surface area contributed by atoms with E-state index in [-0.39, 0.29) is 0 Å². The van der Waals surface area contributed by atoms with Crippen molar-refractivity contribution in [2.24, 2.45) is 0 Å². The summed E-state index contributed by atoms with van der Waals surface area (Å²) in [5.41, 5.74) is -0.588. The number of aliphatic hydroxyl groups excluding tert-OH is 1. The standard InChI is InChI=1S/C6H11NOS2/c1-4-5(8)10-6(9)7(2)3/h4-5,8H,1H2,2-3H3/t5-/m0/s1. The number of nitrogens with zero attached hydrogens (tertiary/aromatic N) is 1. The molecule has 0 saturated carbocycles. The maximum Gasteiger partial charge on any atom is 0.138 e. The Bertz CT molecular complexity index is 136. The third-order valence-corrected chi connectivity index (χ3v) is 2.44. The number of thiocarbonyl (C=S) groups is 1. The van der Waals surface area contributed by atoms with Gasteiger partial charge in [0.05, 0.1) is 0 Å². The van der Waals surface area contributed by atoms with Gasteiger partial charge in [-0.25, -0.2) is 0 Å². The van der Waals surface area contributed by atoms with Crippen LogP contribution >= 0.6 is 24.0 Å². The van der Waals surface area contributed by atoms with E-state index < -0.39 is 5.44 Å². The Morgan fingerprint density at radius 2 is 2.30 bits per heavy atom. The van der Waals surface area contributed by atoms with E-state index in [1.807, 2.05) is 14.1 Å². The van der Waals surface area contributed by atoms with Gasteiger partial charge in [0.1, 0.15) is 9.76 Å². The molecule has 0 spiro atoms. The highest BCUT2D eigenvalue weighted by atomic mass is 32.2. The summed E-state index contributed by atoms with van der Waals surface area (Å²) in [4.78, 5) is 1.77. The Labute approximate surface area is 70.9 Å². The van der Waals surface area contributed by atoms with Crippen molar-refractivity contribution in [1.29, 1.82) is 0 Å². The SMILES string of the molecule is C=C[C@@H](O)SC(=S)N(C)C. The molecule has 0 rings (SSSR count). The van der Waals surface area contributed by atoms with Gasteiger partial charge >= 0.3 is 0 Å². The van der Waals surface area contributed by atoms with Crippen molar-refractivity contribution >= 4 is 28.3 Å². The van der Waals surface area contributed by atoms with Crippen molar-refractivity contribution in [3.63, 3.8) is 0 Å². The molecule has 0 aliphatic carbocycles. The Kier molecular flexibility index (Phi) is 4.68. The van der Waals surface area contributed by atoms with Crippen molar-refractivity contribution in [3.8, 4) is 0 Å². The Morgan fingerprint density at radius 1 is 1.80 bits per heavy atom. The van der Waals surface area contributed by atoms with Gasteiger partial charge in [0.2, 0.25) is 0 Å². The highest BCUT2D eigenvalue weighted by Crippen LogP contribution is 2.12.